The van der Waals surface area contributed by atoms with E-state index in [0.29, 0.717) is 10.2 Å². The van der Waals surface area contributed by atoms with Crippen LogP contribution < -0.4 is 0 Å². The Kier molecular flexibility index (Phi) is 2.38. The summed E-state index contributed by atoms with van der Waals surface area (Å²) in [5.41, 5.74) is 2.87. The van der Waals surface area contributed by atoms with Gasteiger partial charge in [0.1, 0.15) is 5.15 Å². The van der Waals surface area contributed by atoms with E-state index in [9.17, 15) is 0 Å². The molecule has 0 spiro atoms. The average Bonchev–Trinajstić information content (AvgIpc) is 2.08. The second-order valence-electron chi connectivity index (χ2n) is 3.41. The van der Waals surface area contributed by atoms with Crippen molar-refractivity contribution >= 4 is 34.1 Å². The number of fused-ring (bicyclic) bond motifs is 1. The van der Waals surface area contributed by atoms with Gasteiger partial charge in [-0.15, -0.1) is 0 Å². The van der Waals surface area contributed by atoms with Crippen LogP contribution in [0, 0.1) is 13.8 Å². The van der Waals surface area contributed by atoms with Gasteiger partial charge in [-0.2, -0.15) is 0 Å². The highest BCUT2D eigenvalue weighted by Gasteiger charge is 2.05. The minimum absolute atomic E-state index is 0.517. The van der Waals surface area contributed by atoms with Crippen LogP contribution in [0.15, 0.2) is 18.2 Å². The third-order valence-electron chi connectivity index (χ3n) is 2.14. The first kappa shape index (κ1) is 9.75. The van der Waals surface area contributed by atoms with E-state index in [1.165, 1.54) is 0 Å². The highest BCUT2D eigenvalue weighted by atomic mass is 35.5. The standard InChI is InChI=1S/C11H9Cl2N/c1-6-3-8-5-7(2)11(13)14-10(8)9(12)4-6/h3-5H,1-2H3. The normalized spacial score (nSPS) is 10.9. The van der Waals surface area contributed by atoms with E-state index in [1.807, 2.05) is 26.0 Å². The van der Waals surface area contributed by atoms with Crippen LogP contribution in [-0.4, -0.2) is 4.98 Å². The van der Waals surface area contributed by atoms with Gasteiger partial charge in [0, 0.05) is 5.39 Å². The van der Waals surface area contributed by atoms with Crippen molar-refractivity contribution in [2.45, 2.75) is 13.8 Å². The zero-order valence-electron chi connectivity index (χ0n) is 7.94. The van der Waals surface area contributed by atoms with Crippen molar-refractivity contribution in [3.63, 3.8) is 0 Å². The number of halogens is 2. The van der Waals surface area contributed by atoms with Gasteiger partial charge in [-0.3, -0.25) is 0 Å². The van der Waals surface area contributed by atoms with Crippen molar-refractivity contribution in [1.82, 2.24) is 4.98 Å². The van der Waals surface area contributed by atoms with Crippen LogP contribution in [0.1, 0.15) is 11.1 Å². The molecule has 3 heteroatoms. The Labute approximate surface area is 92.7 Å². The summed E-state index contributed by atoms with van der Waals surface area (Å²) in [5.74, 6) is 0. The van der Waals surface area contributed by atoms with Gasteiger partial charge in [-0.05, 0) is 43.2 Å². The van der Waals surface area contributed by atoms with E-state index in [4.69, 9.17) is 23.2 Å². The molecule has 0 fully saturated rings. The van der Waals surface area contributed by atoms with Crippen molar-refractivity contribution in [2.24, 2.45) is 0 Å². The highest BCUT2D eigenvalue weighted by Crippen LogP contribution is 2.26. The van der Waals surface area contributed by atoms with Gasteiger partial charge in [0.2, 0.25) is 0 Å². The Morgan fingerprint density at radius 2 is 1.79 bits per heavy atom. The van der Waals surface area contributed by atoms with Crippen LogP contribution in [0.25, 0.3) is 10.9 Å². The zero-order chi connectivity index (χ0) is 10.3. The summed E-state index contributed by atoms with van der Waals surface area (Å²) < 4.78 is 0. The summed E-state index contributed by atoms with van der Waals surface area (Å²) in [6, 6.07) is 5.95. The molecule has 0 amide bonds. The number of aryl methyl sites for hydroxylation is 2. The fraction of sp³-hybridized carbons (Fsp3) is 0.182. The molecule has 0 saturated heterocycles. The number of pyridine rings is 1. The summed E-state index contributed by atoms with van der Waals surface area (Å²) in [5, 5.41) is 2.21. The topological polar surface area (TPSA) is 12.9 Å². The van der Waals surface area contributed by atoms with E-state index in [0.717, 1.165) is 22.0 Å². The van der Waals surface area contributed by atoms with Gasteiger partial charge in [0.05, 0.1) is 10.5 Å². The average molecular weight is 226 g/mol. The second kappa shape index (κ2) is 3.41. The smallest absolute Gasteiger partial charge is 0.132 e. The molecule has 2 rings (SSSR count). The van der Waals surface area contributed by atoms with Crippen LogP contribution in [0.4, 0.5) is 0 Å². The van der Waals surface area contributed by atoms with Crippen LogP contribution in [-0.2, 0) is 0 Å². The van der Waals surface area contributed by atoms with Crippen LogP contribution in [0.3, 0.4) is 0 Å². The molecule has 0 radical (unpaired) electrons. The maximum Gasteiger partial charge on any atom is 0.132 e. The number of rotatable bonds is 0. The van der Waals surface area contributed by atoms with Crippen molar-refractivity contribution in [2.75, 3.05) is 0 Å². The number of hydrogen-bond donors (Lipinski definition) is 0. The lowest BCUT2D eigenvalue weighted by Gasteiger charge is -2.04. The molecule has 14 heavy (non-hydrogen) atoms. The molecule has 0 atom stereocenters. The summed E-state index contributed by atoms with van der Waals surface area (Å²) in [6.45, 7) is 3.94. The molecular formula is C11H9Cl2N. The van der Waals surface area contributed by atoms with Crippen molar-refractivity contribution in [3.05, 3.63) is 39.5 Å². The van der Waals surface area contributed by atoms with Gasteiger partial charge < -0.3 is 0 Å². The molecule has 1 aromatic carbocycles. The first-order chi connectivity index (χ1) is 6.58. The molecule has 0 N–H and O–H groups in total. The van der Waals surface area contributed by atoms with Gasteiger partial charge in [0.15, 0.2) is 0 Å². The number of benzene rings is 1. The molecule has 0 unspecified atom stereocenters. The minimum atomic E-state index is 0.517. The maximum absolute atomic E-state index is 6.07. The summed E-state index contributed by atoms with van der Waals surface area (Å²) >= 11 is 12.0. The third-order valence-corrected chi connectivity index (χ3v) is 2.82. The predicted octanol–water partition coefficient (Wildman–Crippen LogP) is 4.16. The minimum Gasteiger partial charge on any atom is -0.234 e. The molecule has 0 aliphatic carbocycles. The quantitative estimate of drug-likeness (QED) is 0.614. The Morgan fingerprint density at radius 3 is 2.50 bits per heavy atom. The maximum atomic E-state index is 6.07. The first-order valence-electron chi connectivity index (χ1n) is 4.31. The molecule has 0 bridgehead atoms. The van der Waals surface area contributed by atoms with E-state index in [2.05, 4.69) is 11.1 Å². The van der Waals surface area contributed by atoms with E-state index >= 15 is 0 Å². The van der Waals surface area contributed by atoms with Gasteiger partial charge >= 0.3 is 0 Å². The molecule has 0 aliphatic rings. The van der Waals surface area contributed by atoms with Crippen molar-refractivity contribution in [1.29, 1.82) is 0 Å². The molecule has 1 aromatic heterocycles. The van der Waals surface area contributed by atoms with Crippen LogP contribution in [0.2, 0.25) is 10.2 Å². The van der Waals surface area contributed by atoms with Gasteiger partial charge in [-0.1, -0.05) is 23.2 Å². The molecular weight excluding hydrogens is 217 g/mol. The van der Waals surface area contributed by atoms with E-state index in [1.54, 1.807) is 0 Å². The molecule has 1 nitrogen and oxygen atoms in total. The lowest BCUT2D eigenvalue weighted by molar-refractivity contribution is 1.33. The van der Waals surface area contributed by atoms with Crippen LogP contribution >= 0.6 is 23.2 Å². The van der Waals surface area contributed by atoms with Crippen LogP contribution in [0.5, 0.6) is 0 Å². The highest BCUT2D eigenvalue weighted by molar-refractivity contribution is 6.36. The summed E-state index contributed by atoms with van der Waals surface area (Å²) in [4.78, 5) is 4.25. The first-order valence-corrected chi connectivity index (χ1v) is 5.06. The molecule has 0 aliphatic heterocycles. The SMILES string of the molecule is Cc1cc(Cl)c2nc(Cl)c(C)cc2c1. The molecule has 0 saturated carbocycles. The zero-order valence-corrected chi connectivity index (χ0v) is 9.45. The Balaban J connectivity index is 2.89. The largest absolute Gasteiger partial charge is 0.234 e. The van der Waals surface area contributed by atoms with Gasteiger partial charge in [0.25, 0.3) is 0 Å². The number of nitrogens with zero attached hydrogens (tertiary/aromatic N) is 1. The Morgan fingerprint density at radius 1 is 1.07 bits per heavy atom. The second-order valence-corrected chi connectivity index (χ2v) is 4.18. The number of hydrogen-bond acceptors (Lipinski definition) is 1. The lowest BCUT2D eigenvalue weighted by Crippen LogP contribution is -1.86. The van der Waals surface area contributed by atoms with Crippen molar-refractivity contribution in [3.8, 4) is 0 Å². The van der Waals surface area contributed by atoms with Gasteiger partial charge in [-0.25, -0.2) is 4.98 Å². The lowest BCUT2D eigenvalue weighted by atomic mass is 10.1. The Hall–Kier alpha value is -0.790. The predicted molar refractivity (Wildman–Crippen MR) is 61.2 cm³/mol. The van der Waals surface area contributed by atoms with E-state index < -0.39 is 0 Å². The van der Waals surface area contributed by atoms with Crippen molar-refractivity contribution < 1.29 is 0 Å². The molecule has 72 valence electrons. The summed E-state index contributed by atoms with van der Waals surface area (Å²) in [7, 11) is 0. The monoisotopic (exact) mass is 225 g/mol. The molecule has 1 heterocycles. The third kappa shape index (κ3) is 1.58. The fourth-order valence-electron chi connectivity index (χ4n) is 1.47. The number of aromatic nitrogens is 1. The van der Waals surface area contributed by atoms with E-state index in [-0.39, 0.29) is 0 Å². The fourth-order valence-corrected chi connectivity index (χ4v) is 1.93. The summed E-state index contributed by atoms with van der Waals surface area (Å²) in [6.07, 6.45) is 0. The molecule has 2 aromatic rings. The Bertz CT molecular complexity index is 506.